The largest absolute Gasteiger partial charge is 0.459 e. The van der Waals surface area contributed by atoms with Gasteiger partial charge in [-0.1, -0.05) is 0 Å². The van der Waals surface area contributed by atoms with Crippen LogP contribution in [0.5, 0.6) is 0 Å². The third-order valence-corrected chi connectivity index (χ3v) is 2.27. The molecule has 0 heterocycles. The highest BCUT2D eigenvalue weighted by atomic mass is 16.6. The molecular formula is C12H25NO3. The second-order valence-electron chi connectivity index (χ2n) is 5.26. The van der Waals surface area contributed by atoms with Gasteiger partial charge in [-0.15, -0.1) is 0 Å². The van der Waals surface area contributed by atoms with Crippen LogP contribution >= 0.6 is 0 Å². The summed E-state index contributed by atoms with van der Waals surface area (Å²) in [6.07, 6.45) is 0. The number of carbonyl (C=O) groups excluding carboxylic acids is 1. The molecule has 0 radical (unpaired) electrons. The van der Waals surface area contributed by atoms with Crippen LogP contribution in [-0.2, 0) is 9.53 Å². The molecule has 0 aromatic carbocycles. The number of aliphatic hydroxyl groups excluding tert-OH is 1. The molecule has 16 heavy (non-hydrogen) atoms. The van der Waals surface area contributed by atoms with E-state index in [2.05, 4.69) is 0 Å². The smallest absolute Gasteiger partial charge is 0.323 e. The first-order valence-corrected chi connectivity index (χ1v) is 5.78. The van der Waals surface area contributed by atoms with E-state index in [-0.39, 0.29) is 24.7 Å². The second-order valence-corrected chi connectivity index (χ2v) is 5.26. The molecule has 0 saturated carbocycles. The van der Waals surface area contributed by atoms with Gasteiger partial charge in [0.2, 0.25) is 0 Å². The Hall–Kier alpha value is -0.610. The number of carbonyl (C=O) groups is 1. The SMILES string of the molecule is CC(C)N(CCO)C(C)C(=O)OC(C)(C)C. The Labute approximate surface area is 98.6 Å². The van der Waals surface area contributed by atoms with E-state index in [9.17, 15) is 4.79 Å². The molecule has 4 nitrogen and oxygen atoms in total. The number of rotatable bonds is 5. The van der Waals surface area contributed by atoms with E-state index in [1.165, 1.54) is 0 Å². The Bertz CT molecular complexity index is 221. The average molecular weight is 231 g/mol. The minimum Gasteiger partial charge on any atom is -0.459 e. The molecule has 0 spiro atoms. The van der Waals surface area contributed by atoms with Gasteiger partial charge < -0.3 is 9.84 Å². The number of aliphatic hydroxyl groups is 1. The van der Waals surface area contributed by atoms with Crippen molar-refractivity contribution in [3.63, 3.8) is 0 Å². The van der Waals surface area contributed by atoms with Crippen LogP contribution in [0.4, 0.5) is 0 Å². The fraction of sp³-hybridized carbons (Fsp3) is 0.917. The lowest BCUT2D eigenvalue weighted by Gasteiger charge is -2.32. The molecular weight excluding hydrogens is 206 g/mol. The number of nitrogens with zero attached hydrogens (tertiary/aromatic N) is 1. The Kier molecular flexibility index (Phi) is 5.97. The maximum absolute atomic E-state index is 11.8. The molecule has 0 fully saturated rings. The lowest BCUT2D eigenvalue weighted by Crippen LogP contribution is -2.47. The zero-order valence-corrected chi connectivity index (χ0v) is 11.3. The van der Waals surface area contributed by atoms with Crippen molar-refractivity contribution in [1.82, 2.24) is 4.90 Å². The second kappa shape index (κ2) is 6.21. The van der Waals surface area contributed by atoms with Crippen molar-refractivity contribution in [2.75, 3.05) is 13.2 Å². The summed E-state index contributed by atoms with van der Waals surface area (Å²) in [5.41, 5.74) is -0.465. The van der Waals surface area contributed by atoms with E-state index in [1.54, 1.807) is 0 Å². The summed E-state index contributed by atoms with van der Waals surface area (Å²) in [7, 11) is 0. The van der Waals surface area contributed by atoms with Gasteiger partial charge in [0.05, 0.1) is 6.61 Å². The van der Waals surface area contributed by atoms with Crippen molar-refractivity contribution in [2.45, 2.75) is 59.2 Å². The molecule has 0 aromatic rings. The highest BCUT2D eigenvalue weighted by molar-refractivity contribution is 5.75. The fourth-order valence-corrected chi connectivity index (χ4v) is 1.54. The average Bonchev–Trinajstić information content (AvgIpc) is 2.09. The van der Waals surface area contributed by atoms with Gasteiger partial charge in [-0.2, -0.15) is 0 Å². The van der Waals surface area contributed by atoms with E-state index < -0.39 is 5.60 Å². The summed E-state index contributed by atoms with van der Waals surface area (Å²) in [4.78, 5) is 13.8. The van der Waals surface area contributed by atoms with Gasteiger partial charge in [0.25, 0.3) is 0 Å². The molecule has 1 atom stereocenters. The van der Waals surface area contributed by atoms with Crippen LogP contribution in [0.15, 0.2) is 0 Å². The third-order valence-electron chi connectivity index (χ3n) is 2.27. The highest BCUT2D eigenvalue weighted by Gasteiger charge is 2.27. The molecule has 0 aliphatic carbocycles. The molecule has 0 aliphatic rings. The summed E-state index contributed by atoms with van der Waals surface area (Å²) in [6.45, 7) is 11.9. The normalized spacial score (nSPS) is 14.3. The van der Waals surface area contributed by atoms with Gasteiger partial charge in [0, 0.05) is 12.6 Å². The van der Waals surface area contributed by atoms with Crippen LogP contribution in [-0.4, -0.2) is 46.8 Å². The number of ether oxygens (including phenoxy) is 1. The predicted molar refractivity (Wildman–Crippen MR) is 64.2 cm³/mol. The first-order chi connectivity index (χ1) is 7.19. The van der Waals surface area contributed by atoms with Crippen molar-refractivity contribution in [1.29, 1.82) is 0 Å². The van der Waals surface area contributed by atoms with Crippen LogP contribution in [0.1, 0.15) is 41.5 Å². The summed E-state index contributed by atoms with van der Waals surface area (Å²) in [5, 5.41) is 8.96. The van der Waals surface area contributed by atoms with E-state index in [0.29, 0.717) is 6.54 Å². The minimum atomic E-state index is -0.465. The lowest BCUT2D eigenvalue weighted by molar-refractivity contribution is -0.161. The molecule has 96 valence electrons. The van der Waals surface area contributed by atoms with Crippen LogP contribution in [0.2, 0.25) is 0 Å². The van der Waals surface area contributed by atoms with Gasteiger partial charge in [0.15, 0.2) is 0 Å². The first-order valence-electron chi connectivity index (χ1n) is 5.78. The van der Waals surface area contributed by atoms with Crippen LogP contribution in [0, 0.1) is 0 Å². The van der Waals surface area contributed by atoms with Crippen LogP contribution in [0.25, 0.3) is 0 Å². The summed E-state index contributed by atoms with van der Waals surface area (Å²) in [5.74, 6) is -0.241. The standard InChI is InChI=1S/C12H25NO3/c1-9(2)13(7-8-14)10(3)11(15)16-12(4,5)6/h9-10,14H,7-8H2,1-6H3. The van der Waals surface area contributed by atoms with Gasteiger partial charge in [-0.25, -0.2) is 0 Å². The first kappa shape index (κ1) is 15.4. The topological polar surface area (TPSA) is 49.8 Å². The Balaban J connectivity index is 4.49. The quantitative estimate of drug-likeness (QED) is 0.727. The van der Waals surface area contributed by atoms with Gasteiger partial charge >= 0.3 is 5.97 Å². The van der Waals surface area contributed by atoms with Crippen molar-refractivity contribution in [3.05, 3.63) is 0 Å². The highest BCUT2D eigenvalue weighted by Crippen LogP contribution is 2.12. The molecule has 0 amide bonds. The molecule has 4 heteroatoms. The Morgan fingerprint density at radius 1 is 1.31 bits per heavy atom. The molecule has 0 rings (SSSR count). The number of hydrogen-bond donors (Lipinski definition) is 1. The lowest BCUT2D eigenvalue weighted by atomic mass is 10.1. The Morgan fingerprint density at radius 3 is 2.12 bits per heavy atom. The van der Waals surface area contributed by atoms with Crippen molar-refractivity contribution in [3.8, 4) is 0 Å². The van der Waals surface area contributed by atoms with E-state index in [1.807, 2.05) is 46.4 Å². The van der Waals surface area contributed by atoms with Crippen molar-refractivity contribution < 1.29 is 14.6 Å². The van der Waals surface area contributed by atoms with Crippen LogP contribution < -0.4 is 0 Å². The molecule has 0 aliphatic heterocycles. The van der Waals surface area contributed by atoms with E-state index >= 15 is 0 Å². The number of esters is 1. The molecule has 1 unspecified atom stereocenters. The summed E-state index contributed by atoms with van der Waals surface area (Å²) in [6, 6.07) is -0.124. The zero-order chi connectivity index (χ0) is 12.9. The summed E-state index contributed by atoms with van der Waals surface area (Å²) >= 11 is 0. The molecule has 0 saturated heterocycles. The molecule has 1 N–H and O–H groups in total. The van der Waals surface area contributed by atoms with Crippen LogP contribution in [0.3, 0.4) is 0 Å². The molecule has 0 bridgehead atoms. The monoisotopic (exact) mass is 231 g/mol. The minimum absolute atomic E-state index is 0.0469. The predicted octanol–water partition coefficient (Wildman–Crippen LogP) is 1.42. The van der Waals surface area contributed by atoms with Crippen molar-refractivity contribution >= 4 is 5.97 Å². The number of hydrogen-bond acceptors (Lipinski definition) is 4. The molecule has 0 aromatic heterocycles. The maximum atomic E-state index is 11.8. The van der Waals surface area contributed by atoms with Gasteiger partial charge in [0.1, 0.15) is 11.6 Å². The van der Waals surface area contributed by atoms with E-state index in [4.69, 9.17) is 9.84 Å². The Morgan fingerprint density at radius 2 is 1.81 bits per heavy atom. The van der Waals surface area contributed by atoms with Crippen molar-refractivity contribution in [2.24, 2.45) is 0 Å². The maximum Gasteiger partial charge on any atom is 0.323 e. The van der Waals surface area contributed by atoms with Gasteiger partial charge in [-0.3, -0.25) is 9.69 Å². The fourth-order valence-electron chi connectivity index (χ4n) is 1.54. The van der Waals surface area contributed by atoms with Gasteiger partial charge in [-0.05, 0) is 41.5 Å². The third kappa shape index (κ3) is 5.47. The summed E-state index contributed by atoms with van der Waals surface area (Å²) < 4.78 is 5.31. The zero-order valence-electron chi connectivity index (χ0n) is 11.3. The van der Waals surface area contributed by atoms with E-state index in [0.717, 1.165) is 0 Å².